The standard InChI is InChI=1S/C14H17FN2O2/c1-9-12(10(2)19-17-9)7-16-8-14(18)11-5-3-4-6-13(11)15/h3-6,14,16,18H,7-8H2,1-2H3. The number of nitrogens with one attached hydrogen (secondary N) is 1. The zero-order chi connectivity index (χ0) is 13.8. The third kappa shape index (κ3) is 3.19. The Kier molecular flexibility index (Phi) is 4.29. The molecule has 102 valence electrons. The van der Waals surface area contributed by atoms with E-state index in [0.717, 1.165) is 17.0 Å². The van der Waals surface area contributed by atoms with Crippen molar-refractivity contribution >= 4 is 0 Å². The molecule has 1 aromatic heterocycles. The van der Waals surface area contributed by atoms with Gasteiger partial charge in [0, 0.05) is 24.2 Å². The first kappa shape index (κ1) is 13.7. The minimum Gasteiger partial charge on any atom is -0.387 e. The summed E-state index contributed by atoms with van der Waals surface area (Å²) < 4.78 is 18.5. The lowest BCUT2D eigenvalue weighted by molar-refractivity contribution is 0.169. The Balaban J connectivity index is 1.91. The second-order valence-corrected chi connectivity index (χ2v) is 4.47. The topological polar surface area (TPSA) is 58.3 Å². The van der Waals surface area contributed by atoms with Crippen LogP contribution in [0.25, 0.3) is 0 Å². The van der Waals surface area contributed by atoms with Crippen molar-refractivity contribution in [3.05, 3.63) is 52.7 Å². The minimum atomic E-state index is -0.873. The molecule has 0 fully saturated rings. The SMILES string of the molecule is Cc1noc(C)c1CNCC(O)c1ccccc1F. The van der Waals surface area contributed by atoms with E-state index in [1.54, 1.807) is 18.2 Å². The number of rotatable bonds is 5. The first-order chi connectivity index (χ1) is 9.09. The molecule has 0 spiro atoms. The van der Waals surface area contributed by atoms with Gasteiger partial charge in [0.25, 0.3) is 0 Å². The van der Waals surface area contributed by atoms with Crippen LogP contribution in [-0.2, 0) is 6.54 Å². The number of aliphatic hydroxyl groups is 1. The number of benzene rings is 1. The maximum atomic E-state index is 13.5. The molecule has 2 aromatic rings. The van der Waals surface area contributed by atoms with Crippen LogP contribution in [0.3, 0.4) is 0 Å². The van der Waals surface area contributed by atoms with Gasteiger partial charge in [0.1, 0.15) is 11.6 Å². The molecule has 0 saturated heterocycles. The maximum absolute atomic E-state index is 13.5. The Bertz CT molecular complexity index is 535. The maximum Gasteiger partial charge on any atom is 0.138 e. The first-order valence-corrected chi connectivity index (χ1v) is 6.14. The summed E-state index contributed by atoms with van der Waals surface area (Å²) in [7, 11) is 0. The number of hydrogen-bond acceptors (Lipinski definition) is 4. The molecule has 1 heterocycles. The van der Waals surface area contributed by atoms with Crippen molar-refractivity contribution in [3.63, 3.8) is 0 Å². The fourth-order valence-corrected chi connectivity index (χ4v) is 1.94. The van der Waals surface area contributed by atoms with E-state index in [-0.39, 0.29) is 6.54 Å². The minimum absolute atomic E-state index is 0.269. The Hall–Kier alpha value is -1.72. The van der Waals surface area contributed by atoms with Crippen molar-refractivity contribution in [2.75, 3.05) is 6.54 Å². The van der Waals surface area contributed by atoms with Crippen molar-refractivity contribution in [2.45, 2.75) is 26.5 Å². The van der Waals surface area contributed by atoms with Crippen LogP contribution in [0.15, 0.2) is 28.8 Å². The molecule has 0 amide bonds. The lowest BCUT2D eigenvalue weighted by Gasteiger charge is -2.12. The van der Waals surface area contributed by atoms with E-state index in [0.29, 0.717) is 12.1 Å². The lowest BCUT2D eigenvalue weighted by atomic mass is 10.1. The zero-order valence-electron chi connectivity index (χ0n) is 11.0. The summed E-state index contributed by atoms with van der Waals surface area (Å²) in [5.41, 5.74) is 2.10. The average molecular weight is 264 g/mol. The number of halogens is 1. The molecule has 4 nitrogen and oxygen atoms in total. The summed E-state index contributed by atoms with van der Waals surface area (Å²) in [5.74, 6) is 0.361. The van der Waals surface area contributed by atoms with Gasteiger partial charge in [0.05, 0.1) is 11.8 Å². The number of hydrogen-bond donors (Lipinski definition) is 2. The molecule has 1 unspecified atom stereocenters. The van der Waals surface area contributed by atoms with Gasteiger partial charge in [-0.2, -0.15) is 0 Å². The van der Waals surface area contributed by atoms with Crippen LogP contribution >= 0.6 is 0 Å². The van der Waals surface area contributed by atoms with Crippen LogP contribution in [0.4, 0.5) is 4.39 Å². The molecule has 0 aliphatic heterocycles. The molecule has 1 aromatic carbocycles. The van der Waals surface area contributed by atoms with Crippen molar-refractivity contribution in [1.29, 1.82) is 0 Å². The van der Waals surface area contributed by atoms with Gasteiger partial charge < -0.3 is 14.9 Å². The fraction of sp³-hybridized carbons (Fsp3) is 0.357. The van der Waals surface area contributed by atoms with Gasteiger partial charge in [-0.05, 0) is 19.9 Å². The van der Waals surface area contributed by atoms with Crippen LogP contribution in [0.2, 0.25) is 0 Å². The Labute approximate surface area is 111 Å². The fourth-order valence-electron chi connectivity index (χ4n) is 1.94. The highest BCUT2D eigenvalue weighted by Crippen LogP contribution is 2.16. The van der Waals surface area contributed by atoms with Gasteiger partial charge in [-0.3, -0.25) is 0 Å². The van der Waals surface area contributed by atoms with Crippen molar-refractivity contribution in [3.8, 4) is 0 Å². The van der Waals surface area contributed by atoms with E-state index in [1.807, 2.05) is 13.8 Å². The third-order valence-corrected chi connectivity index (χ3v) is 3.08. The summed E-state index contributed by atoms with van der Waals surface area (Å²) in [6, 6.07) is 6.23. The van der Waals surface area contributed by atoms with Crippen LogP contribution in [-0.4, -0.2) is 16.8 Å². The zero-order valence-corrected chi connectivity index (χ0v) is 11.0. The molecule has 0 bridgehead atoms. The van der Waals surface area contributed by atoms with Gasteiger partial charge in [-0.25, -0.2) is 4.39 Å². The van der Waals surface area contributed by atoms with E-state index in [9.17, 15) is 9.50 Å². The predicted molar refractivity (Wildman–Crippen MR) is 69.0 cm³/mol. The van der Waals surface area contributed by atoms with Crippen molar-refractivity contribution in [1.82, 2.24) is 10.5 Å². The molecule has 0 radical (unpaired) electrons. The largest absolute Gasteiger partial charge is 0.387 e. The Morgan fingerprint density at radius 3 is 2.74 bits per heavy atom. The second-order valence-electron chi connectivity index (χ2n) is 4.47. The molecule has 0 aliphatic carbocycles. The number of aliphatic hydroxyl groups excluding tert-OH is 1. The van der Waals surface area contributed by atoms with Gasteiger partial charge in [-0.1, -0.05) is 23.4 Å². The van der Waals surface area contributed by atoms with Crippen molar-refractivity contribution in [2.24, 2.45) is 0 Å². The summed E-state index contributed by atoms with van der Waals surface area (Å²) >= 11 is 0. The second kappa shape index (κ2) is 5.95. The molecule has 1 atom stereocenters. The monoisotopic (exact) mass is 264 g/mol. The van der Waals surface area contributed by atoms with Gasteiger partial charge in [0.2, 0.25) is 0 Å². The average Bonchev–Trinajstić information content (AvgIpc) is 2.70. The van der Waals surface area contributed by atoms with Crippen LogP contribution < -0.4 is 5.32 Å². The van der Waals surface area contributed by atoms with E-state index >= 15 is 0 Å². The lowest BCUT2D eigenvalue weighted by Crippen LogP contribution is -2.22. The predicted octanol–water partition coefficient (Wildman–Crippen LogP) is 2.25. The van der Waals surface area contributed by atoms with E-state index in [4.69, 9.17) is 4.52 Å². The molecule has 0 aliphatic rings. The van der Waals surface area contributed by atoms with E-state index < -0.39 is 11.9 Å². The molecule has 2 rings (SSSR count). The molecular formula is C14H17FN2O2. The summed E-state index contributed by atoms with van der Waals surface area (Å²) in [5, 5.41) is 16.9. The van der Waals surface area contributed by atoms with E-state index in [2.05, 4.69) is 10.5 Å². The first-order valence-electron chi connectivity index (χ1n) is 6.14. The summed E-state index contributed by atoms with van der Waals surface area (Å²) in [6.45, 7) is 4.50. The number of aromatic nitrogens is 1. The molecule has 5 heteroatoms. The number of aryl methyl sites for hydroxylation is 2. The van der Waals surface area contributed by atoms with Crippen LogP contribution in [0.1, 0.15) is 28.7 Å². The smallest absolute Gasteiger partial charge is 0.138 e. The summed E-state index contributed by atoms with van der Waals surface area (Å²) in [6.07, 6.45) is -0.873. The van der Waals surface area contributed by atoms with Crippen LogP contribution in [0, 0.1) is 19.7 Å². The highest BCUT2D eigenvalue weighted by molar-refractivity contribution is 5.21. The van der Waals surface area contributed by atoms with Crippen molar-refractivity contribution < 1.29 is 14.0 Å². The van der Waals surface area contributed by atoms with Gasteiger partial charge in [-0.15, -0.1) is 0 Å². The number of nitrogens with zero attached hydrogens (tertiary/aromatic N) is 1. The normalized spacial score (nSPS) is 12.6. The Morgan fingerprint density at radius 2 is 2.11 bits per heavy atom. The Morgan fingerprint density at radius 1 is 1.37 bits per heavy atom. The highest BCUT2D eigenvalue weighted by Gasteiger charge is 2.13. The molecule has 0 saturated carbocycles. The molecule has 19 heavy (non-hydrogen) atoms. The molecular weight excluding hydrogens is 247 g/mol. The highest BCUT2D eigenvalue weighted by atomic mass is 19.1. The molecule has 2 N–H and O–H groups in total. The summed E-state index contributed by atoms with van der Waals surface area (Å²) in [4.78, 5) is 0. The third-order valence-electron chi connectivity index (χ3n) is 3.08. The van der Waals surface area contributed by atoms with Gasteiger partial charge >= 0.3 is 0 Å². The van der Waals surface area contributed by atoms with E-state index in [1.165, 1.54) is 6.07 Å². The van der Waals surface area contributed by atoms with Gasteiger partial charge in [0.15, 0.2) is 0 Å². The van der Waals surface area contributed by atoms with Crippen LogP contribution in [0.5, 0.6) is 0 Å². The quantitative estimate of drug-likeness (QED) is 0.869.